The summed E-state index contributed by atoms with van der Waals surface area (Å²) in [6.45, 7) is 1.71. The molecule has 0 saturated heterocycles. The molecule has 0 aromatic carbocycles. The largest absolute Gasteiger partial charge is 0.477 e. The van der Waals surface area contributed by atoms with Gasteiger partial charge in [-0.3, -0.25) is 0 Å². The number of hydrogen-bond donors (Lipinski definition) is 3. The highest BCUT2D eigenvalue weighted by Gasteiger charge is 2.16. The van der Waals surface area contributed by atoms with Crippen molar-refractivity contribution in [3.8, 4) is 0 Å². The summed E-state index contributed by atoms with van der Waals surface area (Å²) in [4.78, 5) is 52.0. The number of carboxylic acid groups (broad SMARTS) is 3. The highest BCUT2D eigenvalue weighted by atomic mass is 16.4. The van der Waals surface area contributed by atoms with Crippen molar-refractivity contribution in [2.45, 2.75) is 0 Å². The molecule has 0 spiro atoms. The minimum Gasteiger partial charge on any atom is -0.477 e. The van der Waals surface area contributed by atoms with Crippen LogP contribution in [0.4, 0.5) is 17.5 Å². The molecule has 0 bridgehead atoms. The Balaban J connectivity index is 1.77. The number of rotatable bonds is 12. The summed E-state index contributed by atoms with van der Waals surface area (Å²) in [6.07, 6.45) is 0. The Morgan fingerprint density at radius 2 is 0.917 bits per heavy atom. The van der Waals surface area contributed by atoms with Crippen LogP contribution in [-0.2, 0) is 0 Å². The van der Waals surface area contributed by atoms with Gasteiger partial charge in [0.1, 0.15) is 17.5 Å². The van der Waals surface area contributed by atoms with Crippen molar-refractivity contribution in [3.63, 3.8) is 0 Å². The van der Waals surface area contributed by atoms with Crippen LogP contribution in [0.5, 0.6) is 0 Å². The van der Waals surface area contributed by atoms with Gasteiger partial charge >= 0.3 is 17.9 Å². The lowest BCUT2D eigenvalue weighted by atomic mass is 10.3. The third-order valence-corrected chi connectivity index (χ3v) is 5.38. The highest BCUT2D eigenvalue weighted by molar-refractivity contribution is 5.86. The van der Waals surface area contributed by atoms with E-state index in [1.54, 1.807) is 60.3 Å². The Hall–Kier alpha value is -4.74. The van der Waals surface area contributed by atoms with Gasteiger partial charge in [-0.25, -0.2) is 29.3 Å². The number of aromatic carboxylic acids is 3. The fourth-order valence-electron chi connectivity index (χ4n) is 3.34. The molecule has 3 N–H and O–H groups in total. The van der Waals surface area contributed by atoms with E-state index in [1.807, 2.05) is 4.90 Å². The van der Waals surface area contributed by atoms with E-state index < -0.39 is 17.9 Å². The molecule has 3 rings (SSSR count). The van der Waals surface area contributed by atoms with Gasteiger partial charge in [-0.15, -0.1) is 0 Å². The van der Waals surface area contributed by atoms with Gasteiger partial charge in [0.15, 0.2) is 17.1 Å². The van der Waals surface area contributed by atoms with Crippen LogP contribution in [0.25, 0.3) is 0 Å². The zero-order chi connectivity index (χ0) is 26.2. The molecule has 3 aromatic rings. The third kappa shape index (κ3) is 6.65. The number of carbonyl (C=O) groups is 3. The summed E-state index contributed by atoms with van der Waals surface area (Å²) in [5.74, 6) is -1.97. The first kappa shape index (κ1) is 25.9. The van der Waals surface area contributed by atoms with E-state index in [1.165, 1.54) is 18.2 Å². The third-order valence-electron chi connectivity index (χ3n) is 5.38. The van der Waals surface area contributed by atoms with Crippen molar-refractivity contribution in [1.82, 2.24) is 15.0 Å². The zero-order valence-electron chi connectivity index (χ0n) is 19.8. The maximum absolute atomic E-state index is 11.4. The van der Waals surface area contributed by atoms with E-state index in [0.29, 0.717) is 43.6 Å². The van der Waals surface area contributed by atoms with Gasteiger partial charge in [0.25, 0.3) is 0 Å². The van der Waals surface area contributed by atoms with E-state index in [-0.39, 0.29) is 17.1 Å². The van der Waals surface area contributed by atoms with Crippen LogP contribution in [0.2, 0.25) is 0 Å². The van der Waals surface area contributed by atoms with Crippen LogP contribution in [0.3, 0.4) is 0 Å². The smallest absolute Gasteiger partial charge is 0.354 e. The standard InChI is InChI=1S/C24H26N6O6/c1-28(19-9-3-6-16(25-19)22(31)32)12-14-30(21-11-5-8-18(27-21)24(35)36)15-13-29(2)20-10-4-7-17(26-20)23(33)34/h3-11H,12-15H2,1-2H3,(H,31,32)(H,33,34)(H,35,36). The molecule has 0 atom stereocenters. The lowest BCUT2D eigenvalue weighted by Gasteiger charge is -2.29. The normalized spacial score (nSPS) is 10.5. The van der Waals surface area contributed by atoms with Gasteiger partial charge in [-0.05, 0) is 36.4 Å². The predicted molar refractivity (Wildman–Crippen MR) is 132 cm³/mol. The first-order chi connectivity index (χ1) is 17.2. The Labute approximate surface area is 207 Å². The van der Waals surface area contributed by atoms with E-state index in [9.17, 15) is 29.7 Å². The van der Waals surface area contributed by atoms with E-state index in [4.69, 9.17) is 0 Å². The lowest BCUT2D eigenvalue weighted by molar-refractivity contribution is 0.0680. The van der Waals surface area contributed by atoms with Crippen LogP contribution in [0, 0.1) is 0 Å². The van der Waals surface area contributed by atoms with Crippen molar-refractivity contribution in [1.29, 1.82) is 0 Å². The summed E-state index contributed by atoms with van der Waals surface area (Å²) in [6, 6.07) is 14.2. The van der Waals surface area contributed by atoms with Crippen LogP contribution in [0.15, 0.2) is 54.6 Å². The Bertz CT molecular complexity index is 1190. The fourth-order valence-corrected chi connectivity index (χ4v) is 3.34. The summed E-state index contributed by atoms with van der Waals surface area (Å²) >= 11 is 0. The Morgan fingerprint density at radius 3 is 1.28 bits per heavy atom. The van der Waals surface area contributed by atoms with Crippen molar-refractivity contribution >= 4 is 35.4 Å². The molecule has 0 radical (unpaired) electrons. The fraction of sp³-hybridized carbons (Fsp3) is 0.250. The van der Waals surface area contributed by atoms with Crippen molar-refractivity contribution in [2.24, 2.45) is 0 Å². The summed E-state index contributed by atoms with van der Waals surface area (Å²) in [5, 5.41) is 27.8. The molecular weight excluding hydrogens is 468 g/mol. The second-order valence-electron chi connectivity index (χ2n) is 7.89. The quantitative estimate of drug-likeness (QED) is 0.337. The molecule has 12 heteroatoms. The Kier molecular flexibility index (Phi) is 8.34. The van der Waals surface area contributed by atoms with E-state index >= 15 is 0 Å². The number of likely N-dealkylation sites (N-methyl/N-ethyl adjacent to an activating group) is 2. The molecule has 0 amide bonds. The van der Waals surface area contributed by atoms with Crippen molar-refractivity contribution < 1.29 is 29.7 Å². The molecule has 3 heterocycles. The van der Waals surface area contributed by atoms with Crippen molar-refractivity contribution in [2.75, 3.05) is 55.0 Å². The van der Waals surface area contributed by atoms with Crippen LogP contribution >= 0.6 is 0 Å². The van der Waals surface area contributed by atoms with Crippen LogP contribution < -0.4 is 14.7 Å². The second-order valence-corrected chi connectivity index (χ2v) is 7.89. The van der Waals surface area contributed by atoms with Gasteiger partial charge in [0.2, 0.25) is 0 Å². The lowest BCUT2D eigenvalue weighted by Crippen LogP contribution is -2.39. The van der Waals surface area contributed by atoms with Gasteiger partial charge in [0, 0.05) is 40.3 Å². The van der Waals surface area contributed by atoms with Gasteiger partial charge < -0.3 is 30.0 Å². The van der Waals surface area contributed by atoms with Crippen LogP contribution in [-0.4, -0.2) is 88.5 Å². The Morgan fingerprint density at radius 1 is 0.583 bits per heavy atom. The van der Waals surface area contributed by atoms with Gasteiger partial charge in [-0.1, -0.05) is 18.2 Å². The average Bonchev–Trinajstić information content (AvgIpc) is 2.88. The molecule has 36 heavy (non-hydrogen) atoms. The molecule has 0 aliphatic heterocycles. The van der Waals surface area contributed by atoms with Crippen LogP contribution in [0.1, 0.15) is 31.5 Å². The predicted octanol–water partition coefficient (Wildman–Crippen LogP) is 2.05. The number of carboxylic acids is 3. The molecule has 12 nitrogen and oxygen atoms in total. The first-order valence-corrected chi connectivity index (χ1v) is 10.9. The second kappa shape index (κ2) is 11.6. The number of hydrogen-bond acceptors (Lipinski definition) is 9. The molecule has 0 unspecified atom stereocenters. The minimum absolute atomic E-state index is 0.0650. The first-order valence-electron chi connectivity index (χ1n) is 10.9. The van der Waals surface area contributed by atoms with E-state index in [2.05, 4.69) is 15.0 Å². The highest BCUT2D eigenvalue weighted by Crippen LogP contribution is 2.16. The summed E-state index contributed by atoms with van der Waals surface area (Å²) in [7, 11) is 3.56. The molecule has 188 valence electrons. The van der Waals surface area contributed by atoms with Crippen molar-refractivity contribution in [3.05, 3.63) is 71.7 Å². The zero-order valence-corrected chi connectivity index (χ0v) is 19.8. The van der Waals surface area contributed by atoms with Gasteiger partial charge in [0.05, 0.1) is 0 Å². The maximum atomic E-state index is 11.4. The molecular formula is C24H26N6O6. The summed E-state index contributed by atoms with van der Waals surface area (Å²) in [5.41, 5.74) is -0.222. The summed E-state index contributed by atoms with van der Waals surface area (Å²) < 4.78 is 0. The molecule has 0 aliphatic rings. The van der Waals surface area contributed by atoms with Gasteiger partial charge in [-0.2, -0.15) is 0 Å². The maximum Gasteiger partial charge on any atom is 0.354 e. The average molecular weight is 495 g/mol. The number of nitrogens with zero attached hydrogens (tertiary/aromatic N) is 6. The molecule has 0 fully saturated rings. The molecule has 0 aliphatic carbocycles. The molecule has 3 aromatic heterocycles. The number of pyridine rings is 3. The topological polar surface area (TPSA) is 160 Å². The minimum atomic E-state index is -1.14. The van der Waals surface area contributed by atoms with E-state index in [0.717, 1.165) is 0 Å². The number of aromatic nitrogens is 3. The molecule has 0 saturated carbocycles. The SMILES string of the molecule is CN(CCN(CCN(C)c1cccc(C(=O)O)n1)c1cccc(C(=O)O)n1)c1cccc(C(=O)O)n1. The monoisotopic (exact) mass is 494 g/mol. The number of anilines is 3.